The van der Waals surface area contributed by atoms with Crippen LogP contribution in [0.15, 0.2) is 60.7 Å². The molecule has 2 aliphatic rings. The molecule has 0 bridgehead atoms. The zero-order valence-electron chi connectivity index (χ0n) is 35.1. The van der Waals surface area contributed by atoms with E-state index in [0.29, 0.717) is 40.5 Å². The van der Waals surface area contributed by atoms with Crippen LogP contribution in [0.3, 0.4) is 0 Å². The van der Waals surface area contributed by atoms with Crippen molar-refractivity contribution in [3.8, 4) is 34.1 Å². The lowest BCUT2D eigenvalue weighted by molar-refractivity contribution is -0.191. The quantitative estimate of drug-likeness (QED) is 0.0823. The largest absolute Gasteiger partial charge is 0.493 e. The fourth-order valence-electron chi connectivity index (χ4n) is 7.79. The van der Waals surface area contributed by atoms with Gasteiger partial charge in [-0.3, -0.25) is 5.32 Å². The van der Waals surface area contributed by atoms with Gasteiger partial charge in [0.1, 0.15) is 40.7 Å². The molecule has 3 N–H and O–H groups in total. The number of ether oxygens (including phenoxy) is 5. The van der Waals surface area contributed by atoms with Crippen LogP contribution in [0.25, 0.3) is 11.1 Å². The van der Waals surface area contributed by atoms with Crippen molar-refractivity contribution < 1.29 is 48.3 Å². The molecule has 11 nitrogen and oxygen atoms in total. The number of aryl methyl sites for hydroxylation is 1. The summed E-state index contributed by atoms with van der Waals surface area (Å²) in [5.41, 5.74) is 7.48. The normalized spacial score (nSPS) is 16.4. The molecule has 13 heteroatoms. The van der Waals surface area contributed by atoms with Gasteiger partial charge in [0, 0.05) is 30.8 Å². The van der Waals surface area contributed by atoms with Crippen molar-refractivity contribution in [2.24, 2.45) is 5.41 Å². The first-order chi connectivity index (χ1) is 28.8. The van der Waals surface area contributed by atoms with E-state index in [1.807, 2.05) is 26.0 Å². The van der Waals surface area contributed by atoms with Crippen molar-refractivity contribution in [1.82, 2.24) is 5.32 Å². The van der Waals surface area contributed by atoms with Crippen molar-refractivity contribution in [3.63, 3.8) is 0 Å². The molecule has 0 aliphatic heterocycles. The first-order valence-corrected chi connectivity index (χ1v) is 21.0. The molecule has 0 radical (unpaired) electrons. The summed E-state index contributed by atoms with van der Waals surface area (Å²) in [6.45, 7) is 10.4. The summed E-state index contributed by atoms with van der Waals surface area (Å²) in [6, 6.07) is 20.4. The number of benzene rings is 4. The van der Waals surface area contributed by atoms with E-state index in [1.54, 1.807) is 19.1 Å². The van der Waals surface area contributed by atoms with Crippen LogP contribution in [0.1, 0.15) is 99.5 Å². The molecule has 0 fully saturated rings. The molecular formula is C47H55Cl2NO10. The molecule has 0 amide bonds. The van der Waals surface area contributed by atoms with E-state index in [4.69, 9.17) is 56.5 Å². The van der Waals surface area contributed by atoms with Crippen LogP contribution < -0.4 is 24.3 Å². The Balaban J connectivity index is 0.00000221. The highest BCUT2D eigenvalue weighted by molar-refractivity contribution is 6.32. The van der Waals surface area contributed by atoms with Gasteiger partial charge in [-0.15, -0.1) is 0 Å². The number of carbonyl (C=O) groups is 1. The smallest absolute Gasteiger partial charge is 0.373 e. The van der Waals surface area contributed by atoms with Crippen molar-refractivity contribution >= 4 is 35.3 Å². The second kappa shape index (κ2) is 20.8. The summed E-state index contributed by atoms with van der Waals surface area (Å²) in [6.07, 6.45) is 4.77. The summed E-state index contributed by atoms with van der Waals surface area (Å²) < 4.78 is 30.2. The molecule has 0 saturated carbocycles. The molecule has 4 aromatic carbocycles. The Kier molecular flexibility index (Phi) is 16.1. The van der Waals surface area contributed by atoms with Gasteiger partial charge >= 0.3 is 12.1 Å². The molecule has 3 atom stereocenters. The Morgan fingerprint density at radius 2 is 1.25 bits per heavy atom. The molecule has 0 spiro atoms. The summed E-state index contributed by atoms with van der Waals surface area (Å²) >= 11 is 13.7. The molecular weight excluding hydrogens is 809 g/mol. The fraction of sp³-hybridized carbons (Fsp3) is 0.447. The molecule has 2 aliphatic carbocycles. The van der Waals surface area contributed by atoms with Crippen molar-refractivity contribution in [2.75, 3.05) is 33.5 Å². The van der Waals surface area contributed by atoms with Gasteiger partial charge in [-0.2, -0.15) is 9.59 Å². The number of carbonyl (C=O) groups excluding carboxylic acids is 3. The number of rotatable bonds is 18. The summed E-state index contributed by atoms with van der Waals surface area (Å²) in [7, 11) is 1.29. The van der Waals surface area contributed by atoms with Gasteiger partial charge in [-0.1, -0.05) is 73.4 Å². The Morgan fingerprint density at radius 3 is 1.70 bits per heavy atom. The highest BCUT2D eigenvalue weighted by Crippen LogP contribution is 2.47. The maximum atomic E-state index is 12.3. The minimum Gasteiger partial charge on any atom is -0.493 e. The van der Waals surface area contributed by atoms with Gasteiger partial charge in [0.2, 0.25) is 0 Å². The van der Waals surface area contributed by atoms with Gasteiger partial charge in [0.15, 0.2) is 0 Å². The highest BCUT2D eigenvalue weighted by Gasteiger charge is 2.35. The van der Waals surface area contributed by atoms with Crippen molar-refractivity contribution in [3.05, 3.63) is 104 Å². The van der Waals surface area contributed by atoms with E-state index in [1.165, 1.54) is 29.4 Å². The average Bonchev–Trinajstić information content (AvgIpc) is 3.86. The van der Waals surface area contributed by atoms with E-state index < -0.39 is 18.1 Å². The van der Waals surface area contributed by atoms with Crippen molar-refractivity contribution in [1.29, 1.82) is 0 Å². The van der Waals surface area contributed by atoms with E-state index in [9.17, 15) is 15.0 Å². The van der Waals surface area contributed by atoms with Gasteiger partial charge in [-0.25, -0.2) is 4.79 Å². The zero-order chi connectivity index (χ0) is 43.6. The van der Waals surface area contributed by atoms with Crippen LogP contribution in [0.2, 0.25) is 10.0 Å². The van der Waals surface area contributed by atoms with E-state index in [-0.39, 0.29) is 36.9 Å². The van der Waals surface area contributed by atoms with Crippen LogP contribution >= 0.6 is 23.2 Å². The lowest BCUT2D eigenvalue weighted by Crippen LogP contribution is -2.52. The third-order valence-corrected chi connectivity index (χ3v) is 11.8. The average molecular weight is 865 g/mol. The number of fused-ring (bicyclic) bond motifs is 2. The van der Waals surface area contributed by atoms with Crippen LogP contribution in [0.4, 0.5) is 0 Å². The van der Waals surface area contributed by atoms with Crippen LogP contribution in [0.5, 0.6) is 23.0 Å². The van der Waals surface area contributed by atoms with Crippen LogP contribution in [-0.2, 0) is 44.9 Å². The van der Waals surface area contributed by atoms with Crippen LogP contribution in [0, 0.1) is 5.41 Å². The number of aliphatic hydroxyl groups excluding tert-OH is 2. The third-order valence-electron chi connectivity index (χ3n) is 11.2. The Labute approximate surface area is 362 Å². The number of aliphatic hydroxyl groups is 2. The summed E-state index contributed by atoms with van der Waals surface area (Å²) in [4.78, 5) is 28.6. The molecule has 0 saturated heterocycles. The SMILES string of the molecule is CCOc1cc(O[C@H]2CCc3c(-c4cccc5c4CC[C@@H]5Oc4cc(OCC)c(CN[C@@](C)(CO)C(=O)OC)cc4Cl)cccc32)c(Cl)cc1CCC(C)(C)CO.O=C=O. The topological polar surface area (TPSA) is 150 Å². The Morgan fingerprint density at radius 1 is 0.767 bits per heavy atom. The zero-order valence-corrected chi connectivity index (χ0v) is 36.6. The molecule has 322 valence electrons. The maximum Gasteiger partial charge on any atom is 0.373 e. The number of halogens is 2. The molecule has 4 aromatic rings. The number of nitrogens with one attached hydrogen (secondary N) is 1. The molecule has 0 aromatic heterocycles. The second-order valence-corrected chi connectivity index (χ2v) is 16.7. The number of esters is 1. The second-order valence-electron chi connectivity index (χ2n) is 15.9. The van der Waals surface area contributed by atoms with Crippen LogP contribution in [-0.4, -0.2) is 61.4 Å². The number of hydrogen-bond acceptors (Lipinski definition) is 11. The van der Waals surface area contributed by atoms with E-state index in [2.05, 4.69) is 55.6 Å². The number of hydrogen-bond donors (Lipinski definition) is 3. The maximum absolute atomic E-state index is 12.3. The van der Waals surface area contributed by atoms with Gasteiger partial charge in [0.05, 0.1) is 37.0 Å². The molecule has 60 heavy (non-hydrogen) atoms. The monoisotopic (exact) mass is 863 g/mol. The minimum absolute atomic E-state index is 0.114. The Bertz CT molecular complexity index is 2170. The van der Waals surface area contributed by atoms with Gasteiger partial charge < -0.3 is 33.9 Å². The molecule has 6 rings (SSSR count). The van der Waals surface area contributed by atoms with Gasteiger partial charge in [0.25, 0.3) is 0 Å². The van der Waals surface area contributed by atoms with Crippen molar-refractivity contribution in [2.45, 2.75) is 97.4 Å². The minimum atomic E-state index is -1.29. The standard InChI is InChI=1S/C46H55Cl2NO8.CO2/c1-7-54-40-23-42(36(47)21-28(40)19-20-45(3,4)26-50)56-38-17-15-32-30(11-9-13-34(32)38)31-12-10-14-35-33(31)16-18-39(35)57-43-24-41(55-8-2)29(22-37(43)48)25-49-46(5,27-51)44(52)53-6;2-1-3/h9-14,21-24,38-39,49-51H,7-8,15-20,25-27H2,1-6H3;/t38-,39-,46-;/m0./s1. The van der Waals surface area contributed by atoms with Gasteiger partial charge in [-0.05, 0) is 116 Å². The predicted octanol–water partition coefficient (Wildman–Crippen LogP) is 8.97. The molecule has 0 unspecified atom stereocenters. The highest BCUT2D eigenvalue weighted by atomic mass is 35.5. The summed E-state index contributed by atoms with van der Waals surface area (Å²) in [5.74, 6) is 1.89. The van der Waals surface area contributed by atoms with E-state index in [0.717, 1.165) is 66.5 Å². The Hall–Kier alpha value is -4.61. The first-order valence-electron chi connectivity index (χ1n) is 20.3. The summed E-state index contributed by atoms with van der Waals surface area (Å²) in [5, 5.41) is 23.7. The lowest BCUT2D eigenvalue weighted by atomic mass is 9.87. The lowest BCUT2D eigenvalue weighted by Gasteiger charge is -2.26. The number of methoxy groups -OCH3 is 1. The fourth-order valence-corrected chi connectivity index (χ4v) is 8.26. The predicted molar refractivity (Wildman–Crippen MR) is 229 cm³/mol. The molecule has 0 heterocycles. The third kappa shape index (κ3) is 10.6. The first kappa shape index (κ1) is 46.5. The van der Waals surface area contributed by atoms with E-state index >= 15 is 0 Å².